The molecule has 7 nitrogen and oxygen atoms in total. The largest absolute Gasteiger partial charge is 0.507 e. The number of aromatic hydroxyl groups is 1. The molecule has 4 rings (SSSR count). The number of hydrogen-bond acceptors (Lipinski definition) is 6. The predicted octanol–water partition coefficient (Wildman–Crippen LogP) is 4.59. The summed E-state index contributed by atoms with van der Waals surface area (Å²) in [6, 6.07) is 4.09. The van der Waals surface area contributed by atoms with Gasteiger partial charge in [-0.1, -0.05) is 11.6 Å². The van der Waals surface area contributed by atoms with Crippen molar-refractivity contribution in [1.29, 1.82) is 0 Å². The number of anilines is 1. The van der Waals surface area contributed by atoms with Crippen LogP contribution in [0.3, 0.4) is 0 Å². The monoisotopic (exact) mass is 446 g/mol. The molecule has 1 atom stereocenters. The fourth-order valence-electron chi connectivity index (χ4n) is 3.71. The minimum atomic E-state index is -0.751. The third-order valence-corrected chi connectivity index (χ3v) is 5.84. The number of nitrogen functional groups attached to an aromatic ring is 1. The molecule has 1 aliphatic rings. The Bertz CT molecular complexity index is 1070. The maximum atomic E-state index is 13.8. The van der Waals surface area contributed by atoms with Crippen molar-refractivity contribution in [2.45, 2.75) is 32.4 Å². The van der Waals surface area contributed by atoms with Crippen LogP contribution in [0.4, 0.5) is 10.2 Å². The average molecular weight is 447 g/mol. The lowest BCUT2D eigenvalue weighted by molar-refractivity contribution is 0.0601. The van der Waals surface area contributed by atoms with Gasteiger partial charge in [0, 0.05) is 43.3 Å². The normalized spacial score (nSPS) is 15.7. The second-order valence-corrected chi connectivity index (χ2v) is 8.05. The van der Waals surface area contributed by atoms with Gasteiger partial charge in [-0.15, -0.1) is 0 Å². The Balaban J connectivity index is 1.53. The summed E-state index contributed by atoms with van der Waals surface area (Å²) in [5.41, 5.74) is 7.80. The van der Waals surface area contributed by atoms with E-state index in [2.05, 4.69) is 10.1 Å². The van der Waals surface area contributed by atoms with Crippen LogP contribution in [0, 0.1) is 11.7 Å². The van der Waals surface area contributed by atoms with Crippen LogP contribution in [-0.4, -0.2) is 33.1 Å². The minimum Gasteiger partial charge on any atom is -0.507 e. The molecule has 3 N–H and O–H groups in total. The van der Waals surface area contributed by atoms with Gasteiger partial charge in [0.25, 0.3) is 0 Å². The summed E-state index contributed by atoms with van der Waals surface area (Å²) in [6.07, 6.45) is 6.70. The summed E-state index contributed by atoms with van der Waals surface area (Å²) in [5.74, 6) is 0.242. The van der Waals surface area contributed by atoms with E-state index in [0.717, 1.165) is 49.8 Å². The first-order valence-corrected chi connectivity index (χ1v) is 10.5. The Labute approximate surface area is 184 Å². The molecule has 31 heavy (non-hydrogen) atoms. The number of phenolic OH excluding ortho intramolecular Hbond substituents is 1. The lowest BCUT2D eigenvalue weighted by Gasteiger charge is -2.21. The first-order chi connectivity index (χ1) is 14.9. The molecule has 0 spiro atoms. The number of phenols is 1. The molecule has 1 aliphatic heterocycles. The number of halogens is 2. The standard InChI is InChI=1S/C22H24ClFN4O3/c1-13(20-18(29)3-2-17(24)21(20)23)31-19-8-15(9-26-22(19)25)16-10-27-28(12-16)11-14-4-6-30-7-5-14/h2-3,8-10,12-14,29H,4-7,11H2,1H3,(H2,25,26). The highest BCUT2D eigenvalue weighted by Gasteiger charge is 2.21. The average Bonchev–Trinajstić information content (AvgIpc) is 3.22. The Morgan fingerprint density at radius 3 is 2.87 bits per heavy atom. The van der Waals surface area contributed by atoms with Gasteiger partial charge < -0.3 is 20.3 Å². The maximum Gasteiger partial charge on any atom is 0.166 e. The highest BCUT2D eigenvalue weighted by Crippen LogP contribution is 2.37. The Kier molecular flexibility index (Phi) is 6.29. The van der Waals surface area contributed by atoms with E-state index in [9.17, 15) is 9.50 Å². The predicted molar refractivity (Wildman–Crippen MR) is 116 cm³/mol. The number of aromatic nitrogens is 3. The zero-order valence-electron chi connectivity index (χ0n) is 17.1. The highest BCUT2D eigenvalue weighted by molar-refractivity contribution is 6.31. The summed E-state index contributed by atoms with van der Waals surface area (Å²) >= 11 is 6.03. The second kappa shape index (κ2) is 9.11. The number of nitrogens with zero attached hydrogens (tertiary/aromatic N) is 3. The SMILES string of the molecule is CC(Oc1cc(-c2cnn(CC3CCOCC3)c2)cnc1N)c1c(O)ccc(F)c1Cl. The number of rotatable bonds is 6. The molecule has 2 aromatic heterocycles. The van der Waals surface area contributed by atoms with Gasteiger partial charge in [-0.3, -0.25) is 4.68 Å². The van der Waals surface area contributed by atoms with Crippen molar-refractivity contribution in [3.8, 4) is 22.6 Å². The van der Waals surface area contributed by atoms with Gasteiger partial charge in [-0.2, -0.15) is 5.10 Å². The second-order valence-electron chi connectivity index (χ2n) is 7.67. The van der Waals surface area contributed by atoms with Crippen LogP contribution >= 0.6 is 11.6 Å². The van der Waals surface area contributed by atoms with Crippen molar-refractivity contribution in [2.75, 3.05) is 18.9 Å². The number of pyridine rings is 1. The van der Waals surface area contributed by atoms with Crippen LogP contribution in [0.25, 0.3) is 11.1 Å². The molecule has 3 aromatic rings. The molecule has 164 valence electrons. The molecule has 1 unspecified atom stereocenters. The Morgan fingerprint density at radius 1 is 1.32 bits per heavy atom. The van der Waals surface area contributed by atoms with Gasteiger partial charge in [0.15, 0.2) is 11.6 Å². The third kappa shape index (κ3) is 4.75. The van der Waals surface area contributed by atoms with Gasteiger partial charge in [0.2, 0.25) is 0 Å². The zero-order chi connectivity index (χ0) is 22.0. The summed E-state index contributed by atoms with van der Waals surface area (Å²) in [7, 11) is 0. The van der Waals surface area contributed by atoms with E-state index < -0.39 is 11.9 Å². The van der Waals surface area contributed by atoms with Gasteiger partial charge in [-0.05, 0) is 43.9 Å². The van der Waals surface area contributed by atoms with E-state index in [0.29, 0.717) is 11.7 Å². The molecular formula is C22H24ClFN4O3. The first-order valence-electron chi connectivity index (χ1n) is 10.1. The summed E-state index contributed by atoms with van der Waals surface area (Å²) in [4.78, 5) is 4.22. The summed E-state index contributed by atoms with van der Waals surface area (Å²) < 4.78 is 27.1. The van der Waals surface area contributed by atoms with Crippen LogP contribution < -0.4 is 10.5 Å². The van der Waals surface area contributed by atoms with Crippen molar-refractivity contribution < 1.29 is 19.0 Å². The topological polar surface area (TPSA) is 95.4 Å². The number of hydrogen-bond donors (Lipinski definition) is 2. The summed E-state index contributed by atoms with van der Waals surface area (Å²) in [5, 5.41) is 14.4. The fourth-order valence-corrected chi connectivity index (χ4v) is 4.02. The molecule has 1 fully saturated rings. The van der Waals surface area contributed by atoms with E-state index in [1.807, 2.05) is 10.9 Å². The molecule has 0 aliphatic carbocycles. The molecule has 1 aromatic carbocycles. The molecule has 3 heterocycles. The first kappa shape index (κ1) is 21.4. The van der Waals surface area contributed by atoms with Crippen molar-refractivity contribution in [2.24, 2.45) is 5.92 Å². The van der Waals surface area contributed by atoms with E-state index in [1.165, 1.54) is 6.07 Å². The van der Waals surface area contributed by atoms with Crippen molar-refractivity contribution in [3.05, 3.63) is 53.2 Å². The quantitative estimate of drug-likeness (QED) is 0.575. The number of ether oxygens (including phenoxy) is 2. The highest BCUT2D eigenvalue weighted by atomic mass is 35.5. The van der Waals surface area contributed by atoms with E-state index in [-0.39, 0.29) is 22.2 Å². The molecule has 0 amide bonds. The van der Waals surface area contributed by atoms with Crippen LogP contribution in [0.2, 0.25) is 5.02 Å². The lowest BCUT2D eigenvalue weighted by atomic mass is 10.0. The number of benzene rings is 1. The molecular weight excluding hydrogens is 423 g/mol. The van der Waals surface area contributed by atoms with Crippen LogP contribution in [0.15, 0.2) is 36.8 Å². The van der Waals surface area contributed by atoms with E-state index in [1.54, 1.807) is 25.4 Å². The van der Waals surface area contributed by atoms with Crippen molar-refractivity contribution in [1.82, 2.24) is 14.8 Å². The molecule has 9 heteroatoms. The lowest BCUT2D eigenvalue weighted by Crippen LogP contribution is -2.20. The van der Waals surface area contributed by atoms with Crippen LogP contribution in [-0.2, 0) is 11.3 Å². The van der Waals surface area contributed by atoms with Crippen LogP contribution in [0.5, 0.6) is 11.5 Å². The zero-order valence-corrected chi connectivity index (χ0v) is 17.8. The summed E-state index contributed by atoms with van der Waals surface area (Å²) in [6.45, 7) is 4.08. The van der Waals surface area contributed by atoms with Crippen molar-refractivity contribution in [3.63, 3.8) is 0 Å². The maximum absolute atomic E-state index is 13.8. The third-order valence-electron chi connectivity index (χ3n) is 5.45. The molecule has 0 bridgehead atoms. The Morgan fingerprint density at radius 2 is 2.10 bits per heavy atom. The van der Waals surface area contributed by atoms with Gasteiger partial charge in [0.1, 0.15) is 17.7 Å². The Hall–Kier alpha value is -2.84. The van der Waals surface area contributed by atoms with Crippen molar-refractivity contribution >= 4 is 17.4 Å². The van der Waals surface area contributed by atoms with E-state index >= 15 is 0 Å². The molecule has 0 saturated carbocycles. The van der Waals surface area contributed by atoms with E-state index in [4.69, 9.17) is 26.8 Å². The van der Waals surface area contributed by atoms with Crippen LogP contribution in [0.1, 0.15) is 31.4 Å². The number of nitrogens with two attached hydrogens (primary N) is 1. The molecule has 1 saturated heterocycles. The van der Waals surface area contributed by atoms with Gasteiger partial charge in [0.05, 0.1) is 16.8 Å². The molecule has 0 radical (unpaired) electrons. The fraction of sp³-hybridized carbons (Fsp3) is 0.364. The minimum absolute atomic E-state index is 0.149. The van der Waals surface area contributed by atoms with Gasteiger partial charge >= 0.3 is 0 Å². The van der Waals surface area contributed by atoms with Gasteiger partial charge in [-0.25, -0.2) is 9.37 Å². The smallest absolute Gasteiger partial charge is 0.166 e.